The van der Waals surface area contributed by atoms with E-state index in [4.69, 9.17) is 4.74 Å². The summed E-state index contributed by atoms with van der Waals surface area (Å²) in [6, 6.07) is 0. The Morgan fingerprint density at radius 1 is 1.38 bits per heavy atom. The Hall–Kier alpha value is 0.573. The van der Waals surface area contributed by atoms with Gasteiger partial charge in [0.2, 0.25) is 0 Å². The van der Waals surface area contributed by atoms with E-state index in [9.17, 15) is 4.79 Å². The first-order valence-electron chi connectivity index (χ1n) is 3.97. The SMILES string of the molecule is [Br-].[CH2]CCCC(=O)OC(C)(C)C.[Zn]. The fourth-order valence-electron chi connectivity index (χ4n) is 0.662. The Morgan fingerprint density at radius 3 is 2.15 bits per heavy atom. The van der Waals surface area contributed by atoms with Crippen molar-refractivity contribution >= 4 is 5.97 Å². The van der Waals surface area contributed by atoms with Crippen LogP contribution in [0, 0.1) is 6.92 Å². The van der Waals surface area contributed by atoms with Crippen LogP contribution in [0.1, 0.15) is 40.0 Å². The van der Waals surface area contributed by atoms with Gasteiger partial charge in [-0.05, 0) is 27.2 Å². The van der Waals surface area contributed by atoms with E-state index < -0.39 is 0 Å². The molecular formula is C9H17BrO2Zn-. The third-order valence-corrected chi connectivity index (χ3v) is 1.05. The molecule has 0 aliphatic carbocycles. The first kappa shape index (κ1) is 19.2. The van der Waals surface area contributed by atoms with Gasteiger partial charge in [-0.2, -0.15) is 0 Å². The second-order valence-corrected chi connectivity index (χ2v) is 3.54. The van der Waals surface area contributed by atoms with Crippen LogP contribution in [0.5, 0.6) is 0 Å². The molecule has 0 heterocycles. The molecule has 0 aliphatic heterocycles. The topological polar surface area (TPSA) is 26.3 Å². The molecule has 0 saturated carbocycles. The minimum atomic E-state index is -0.349. The summed E-state index contributed by atoms with van der Waals surface area (Å²) >= 11 is 0. The largest absolute Gasteiger partial charge is 1.00 e. The number of hydrogen-bond acceptors (Lipinski definition) is 2. The molecule has 0 aromatic carbocycles. The summed E-state index contributed by atoms with van der Waals surface area (Å²) in [5.41, 5.74) is -0.349. The minimum absolute atomic E-state index is 0. The van der Waals surface area contributed by atoms with Crippen LogP contribution in [0.3, 0.4) is 0 Å². The van der Waals surface area contributed by atoms with Crippen molar-refractivity contribution in [1.29, 1.82) is 0 Å². The van der Waals surface area contributed by atoms with Crippen molar-refractivity contribution in [3.63, 3.8) is 0 Å². The van der Waals surface area contributed by atoms with E-state index in [1.807, 2.05) is 20.8 Å². The van der Waals surface area contributed by atoms with Gasteiger partial charge in [0.25, 0.3) is 0 Å². The summed E-state index contributed by atoms with van der Waals surface area (Å²) in [6.45, 7) is 9.26. The standard InChI is InChI=1S/C9H17O2.BrH.Zn/c1-5-6-7-8(10)11-9(2,3)4;;/h1,5-7H2,2-4H3;1H;/p-1. The molecule has 0 N–H and O–H groups in total. The quantitative estimate of drug-likeness (QED) is 0.511. The molecule has 0 bridgehead atoms. The van der Waals surface area contributed by atoms with E-state index in [1.165, 1.54) is 0 Å². The fraction of sp³-hybridized carbons (Fsp3) is 0.778. The summed E-state index contributed by atoms with van der Waals surface area (Å²) in [5, 5.41) is 0. The van der Waals surface area contributed by atoms with Crippen LogP contribution in [0.15, 0.2) is 0 Å². The molecule has 13 heavy (non-hydrogen) atoms. The Labute approximate surface area is 104 Å². The number of ether oxygens (including phenoxy) is 1. The van der Waals surface area contributed by atoms with Gasteiger partial charge in [0, 0.05) is 25.9 Å². The molecule has 2 nitrogen and oxygen atoms in total. The van der Waals surface area contributed by atoms with Gasteiger partial charge in [0.1, 0.15) is 5.60 Å². The van der Waals surface area contributed by atoms with E-state index in [0.29, 0.717) is 6.42 Å². The van der Waals surface area contributed by atoms with Gasteiger partial charge >= 0.3 is 5.97 Å². The predicted octanol–water partition coefficient (Wildman–Crippen LogP) is -0.666. The summed E-state index contributed by atoms with van der Waals surface area (Å²) in [6.07, 6.45) is 2.09. The van der Waals surface area contributed by atoms with Crippen LogP contribution in [0.4, 0.5) is 0 Å². The molecule has 0 aromatic heterocycles. The average Bonchev–Trinajstić information content (AvgIpc) is 1.79. The van der Waals surface area contributed by atoms with Crippen LogP contribution in [-0.4, -0.2) is 11.6 Å². The zero-order chi connectivity index (χ0) is 8.91. The molecule has 0 saturated heterocycles. The number of carbonyl (C=O) groups is 1. The fourth-order valence-corrected chi connectivity index (χ4v) is 0.662. The maximum Gasteiger partial charge on any atom is 0.306 e. The van der Waals surface area contributed by atoms with Crippen molar-refractivity contribution in [2.24, 2.45) is 0 Å². The monoisotopic (exact) mass is 300 g/mol. The molecule has 0 rings (SSSR count). The second kappa shape index (κ2) is 9.14. The van der Waals surface area contributed by atoms with Crippen molar-refractivity contribution in [3.8, 4) is 0 Å². The average molecular weight is 303 g/mol. The minimum Gasteiger partial charge on any atom is -1.00 e. The Morgan fingerprint density at radius 2 is 1.85 bits per heavy atom. The van der Waals surface area contributed by atoms with Crippen LogP contribution >= 0.6 is 0 Å². The molecule has 0 amide bonds. The first-order valence-corrected chi connectivity index (χ1v) is 3.97. The molecule has 75 valence electrons. The zero-order valence-electron chi connectivity index (χ0n) is 8.73. The van der Waals surface area contributed by atoms with Crippen molar-refractivity contribution in [3.05, 3.63) is 6.92 Å². The van der Waals surface area contributed by atoms with E-state index >= 15 is 0 Å². The van der Waals surface area contributed by atoms with Crippen molar-refractivity contribution in [2.75, 3.05) is 0 Å². The van der Waals surface area contributed by atoms with Gasteiger partial charge in [-0.25, -0.2) is 0 Å². The summed E-state index contributed by atoms with van der Waals surface area (Å²) < 4.78 is 5.07. The molecule has 0 fully saturated rings. The number of halogens is 1. The number of rotatable bonds is 3. The molecule has 0 atom stereocenters. The van der Waals surface area contributed by atoms with E-state index in [2.05, 4.69) is 6.92 Å². The van der Waals surface area contributed by atoms with Crippen molar-refractivity contribution < 1.29 is 46.0 Å². The summed E-state index contributed by atoms with van der Waals surface area (Å²) in [5.74, 6) is -0.124. The molecule has 1 radical (unpaired) electrons. The second-order valence-electron chi connectivity index (χ2n) is 3.54. The van der Waals surface area contributed by atoms with E-state index in [1.54, 1.807) is 0 Å². The van der Waals surface area contributed by atoms with Gasteiger partial charge in [0.05, 0.1) is 0 Å². The number of hydrogen-bond donors (Lipinski definition) is 0. The van der Waals surface area contributed by atoms with Gasteiger partial charge in [-0.1, -0.05) is 13.3 Å². The predicted molar refractivity (Wildman–Crippen MR) is 45.1 cm³/mol. The van der Waals surface area contributed by atoms with E-state index in [-0.39, 0.29) is 48.0 Å². The molecule has 0 aliphatic rings. The summed E-state index contributed by atoms with van der Waals surface area (Å²) in [7, 11) is 0. The van der Waals surface area contributed by atoms with Crippen LogP contribution in [0.2, 0.25) is 0 Å². The van der Waals surface area contributed by atoms with Gasteiger partial charge < -0.3 is 21.7 Å². The maximum atomic E-state index is 11.0. The maximum absolute atomic E-state index is 11.0. The third-order valence-electron chi connectivity index (χ3n) is 1.05. The first-order chi connectivity index (χ1) is 4.95. The van der Waals surface area contributed by atoms with Gasteiger partial charge in [-0.3, -0.25) is 4.79 Å². The summed E-state index contributed by atoms with van der Waals surface area (Å²) in [4.78, 5) is 11.0. The van der Waals surface area contributed by atoms with Gasteiger partial charge in [-0.15, -0.1) is 0 Å². The molecule has 0 aromatic rings. The normalized spacial score (nSPS) is 9.54. The van der Waals surface area contributed by atoms with Crippen LogP contribution < -0.4 is 17.0 Å². The Balaban J connectivity index is -0.000000500. The smallest absolute Gasteiger partial charge is 0.306 e. The molecule has 0 spiro atoms. The molecular weight excluding hydrogens is 285 g/mol. The Bertz CT molecular complexity index is 132. The Kier molecular flexibility index (Phi) is 13.5. The number of carbonyl (C=O) groups excluding carboxylic acids is 1. The number of esters is 1. The van der Waals surface area contributed by atoms with Crippen LogP contribution in [0.25, 0.3) is 0 Å². The van der Waals surface area contributed by atoms with Crippen LogP contribution in [-0.2, 0) is 29.0 Å². The third kappa shape index (κ3) is 15.3. The van der Waals surface area contributed by atoms with E-state index in [0.717, 1.165) is 12.8 Å². The zero-order valence-corrected chi connectivity index (χ0v) is 13.3. The molecule has 0 unspecified atom stereocenters. The number of unbranched alkanes of at least 4 members (excludes halogenated alkanes) is 1. The molecule has 4 heteroatoms. The van der Waals surface area contributed by atoms with Gasteiger partial charge in [0.15, 0.2) is 0 Å². The van der Waals surface area contributed by atoms with Crippen molar-refractivity contribution in [2.45, 2.75) is 45.6 Å². The van der Waals surface area contributed by atoms with Crippen molar-refractivity contribution in [1.82, 2.24) is 0 Å².